The number of hydrogen-bond acceptors (Lipinski definition) is 4. The zero-order chi connectivity index (χ0) is 12.6. The van der Waals surface area contributed by atoms with Crippen LogP contribution in [0.25, 0.3) is 0 Å². The number of carbonyl (C=O) groups excluding carboxylic acids is 2. The Hall–Kier alpha value is -1.59. The quantitative estimate of drug-likeness (QED) is 0.687. The third-order valence-electron chi connectivity index (χ3n) is 3.46. The van der Waals surface area contributed by atoms with Gasteiger partial charge in [0.2, 0.25) is 5.91 Å². The van der Waals surface area contributed by atoms with E-state index in [9.17, 15) is 14.4 Å². The average molecular weight is 241 g/mol. The third-order valence-corrected chi connectivity index (χ3v) is 3.46. The van der Waals surface area contributed by atoms with Gasteiger partial charge in [-0.25, -0.2) is 0 Å². The second-order valence-corrected chi connectivity index (χ2v) is 4.58. The largest absolute Gasteiger partial charge is 0.481 e. The average Bonchev–Trinajstić information content (AvgIpc) is 2.97. The maximum atomic E-state index is 11.9. The first-order chi connectivity index (χ1) is 8.04. The zero-order valence-electron chi connectivity index (χ0n) is 9.59. The summed E-state index contributed by atoms with van der Waals surface area (Å²) in [6, 6.07) is 0. The summed E-state index contributed by atoms with van der Waals surface area (Å²) in [4.78, 5) is 35.4. The molecule has 3 atom stereocenters. The molecule has 0 bridgehead atoms. The van der Waals surface area contributed by atoms with Gasteiger partial charge in [-0.1, -0.05) is 0 Å². The monoisotopic (exact) mass is 241 g/mol. The van der Waals surface area contributed by atoms with E-state index in [1.54, 1.807) is 4.90 Å². The number of carboxylic acid groups (broad SMARTS) is 1. The minimum Gasteiger partial charge on any atom is -0.481 e. The minimum absolute atomic E-state index is 0.135. The number of nitrogens with zero attached hydrogens (tertiary/aromatic N) is 1. The van der Waals surface area contributed by atoms with Crippen molar-refractivity contribution in [3.05, 3.63) is 0 Å². The van der Waals surface area contributed by atoms with Crippen molar-refractivity contribution in [2.75, 3.05) is 20.2 Å². The van der Waals surface area contributed by atoms with Gasteiger partial charge >= 0.3 is 11.9 Å². The molecule has 0 radical (unpaired) electrons. The molecule has 1 saturated carbocycles. The Balaban J connectivity index is 1.87. The molecule has 1 aliphatic carbocycles. The molecule has 6 nitrogen and oxygen atoms in total. The van der Waals surface area contributed by atoms with Crippen molar-refractivity contribution >= 4 is 17.8 Å². The molecule has 1 heterocycles. The molecule has 94 valence electrons. The van der Waals surface area contributed by atoms with E-state index >= 15 is 0 Å². The minimum atomic E-state index is -0.910. The molecule has 1 amide bonds. The lowest BCUT2D eigenvalue weighted by Gasteiger charge is -2.15. The maximum Gasteiger partial charge on any atom is 0.310 e. The number of esters is 1. The highest BCUT2D eigenvalue weighted by molar-refractivity contribution is 5.90. The topological polar surface area (TPSA) is 83.9 Å². The number of amides is 1. The van der Waals surface area contributed by atoms with Crippen LogP contribution in [-0.4, -0.2) is 48.1 Å². The number of carboxylic acids is 1. The summed E-state index contributed by atoms with van der Waals surface area (Å²) in [5.41, 5.74) is 0. The predicted octanol–water partition coefficient (Wildman–Crippen LogP) is -0.271. The smallest absolute Gasteiger partial charge is 0.310 e. The van der Waals surface area contributed by atoms with Crippen molar-refractivity contribution in [3.63, 3.8) is 0 Å². The summed E-state index contributed by atoms with van der Waals surface area (Å²) in [7, 11) is 1.33. The van der Waals surface area contributed by atoms with Crippen molar-refractivity contribution in [2.45, 2.75) is 12.8 Å². The summed E-state index contributed by atoms with van der Waals surface area (Å²) in [5.74, 6) is -2.52. The van der Waals surface area contributed by atoms with Crippen molar-refractivity contribution < 1.29 is 24.2 Å². The Morgan fingerprint density at radius 3 is 2.53 bits per heavy atom. The van der Waals surface area contributed by atoms with Gasteiger partial charge < -0.3 is 14.7 Å². The Labute approximate surface area is 98.5 Å². The Kier molecular flexibility index (Phi) is 3.04. The molecule has 2 fully saturated rings. The van der Waals surface area contributed by atoms with Crippen LogP contribution in [0.5, 0.6) is 0 Å². The van der Waals surface area contributed by atoms with E-state index in [2.05, 4.69) is 4.74 Å². The van der Waals surface area contributed by atoms with Gasteiger partial charge in [-0.05, 0) is 12.8 Å². The van der Waals surface area contributed by atoms with E-state index in [1.165, 1.54) is 7.11 Å². The van der Waals surface area contributed by atoms with Gasteiger partial charge in [0.05, 0.1) is 24.9 Å². The number of aliphatic carboxylic acids is 1. The van der Waals surface area contributed by atoms with Crippen LogP contribution in [0.1, 0.15) is 12.8 Å². The van der Waals surface area contributed by atoms with Crippen LogP contribution in [0.15, 0.2) is 0 Å². The maximum absolute atomic E-state index is 11.9. The first-order valence-corrected chi connectivity index (χ1v) is 5.64. The fourth-order valence-electron chi connectivity index (χ4n) is 2.29. The molecule has 0 aromatic carbocycles. The lowest BCUT2D eigenvalue weighted by atomic mass is 10.1. The van der Waals surface area contributed by atoms with Crippen molar-refractivity contribution in [3.8, 4) is 0 Å². The zero-order valence-corrected chi connectivity index (χ0v) is 9.59. The second kappa shape index (κ2) is 4.35. The van der Waals surface area contributed by atoms with Gasteiger partial charge in [-0.3, -0.25) is 14.4 Å². The molecule has 1 N–H and O–H groups in total. The molecule has 0 aromatic rings. The summed E-state index contributed by atoms with van der Waals surface area (Å²) in [5, 5.41) is 8.75. The van der Waals surface area contributed by atoms with Crippen LogP contribution in [-0.2, 0) is 19.1 Å². The molecular formula is C11H15NO5. The lowest BCUT2D eigenvalue weighted by Crippen LogP contribution is -2.32. The van der Waals surface area contributed by atoms with Gasteiger partial charge in [0.15, 0.2) is 0 Å². The fraction of sp³-hybridized carbons (Fsp3) is 0.727. The van der Waals surface area contributed by atoms with E-state index in [4.69, 9.17) is 5.11 Å². The van der Waals surface area contributed by atoms with E-state index < -0.39 is 11.9 Å². The number of likely N-dealkylation sites (tertiary alicyclic amines) is 1. The Morgan fingerprint density at radius 1 is 1.29 bits per heavy atom. The third kappa shape index (κ3) is 2.25. The number of rotatable bonds is 3. The van der Waals surface area contributed by atoms with Gasteiger partial charge in [0.1, 0.15) is 0 Å². The van der Waals surface area contributed by atoms with Crippen LogP contribution < -0.4 is 0 Å². The number of carbonyl (C=O) groups is 3. The first-order valence-electron chi connectivity index (χ1n) is 5.64. The molecule has 0 spiro atoms. The molecular weight excluding hydrogens is 226 g/mol. The molecule has 2 rings (SSSR count). The normalized spacial score (nSPS) is 31.1. The van der Waals surface area contributed by atoms with Gasteiger partial charge in [0, 0.05) is 13.1 Å². The second-order valence-electron chi connectivity index (χ2n) is 4.58. The van der Waals surface area contributed by atoms with Crippen molar-refractivity contribution in [1.29, 1.82) is 0 Å². The lowest BCUT2D eigenvalue weighted by molar-refractivity contribution is -0.145. The molecule has 0 aromatic heterocycles. The van der Waals surface area contributed by atoms with Crippen LogP contribution in [0.3, 0.4) is 0 Å². The molecule has 17 heavy (non-hydrogen) atoms. The van der Waals surface area contributed by atoms with Crippen LogP contribution in [0.4, 0.5) is 0 Å². The number of methoxy groups -OCH3 is 1. The van der Waals surface area contributed by atoms with Gasteiger partial charge in [-0.15, -0.1) is 0 Å². The fourth-order valence-corrected chi connectivity index (χ4v) is 2.29. The molecule has 6 heteroatoms. The standard InChI is InChI=1S/C11H15NO5/c1-17-11(16)6-2-3-12(5-6)9(13)7-4-8(7)10(14)15/h6-8H,2-5H2,1H3,(H,14,15)/t6?,7-,8+/m1/s1. The summed E-state index contributed by atoms with van der Waals surface area (Å²) < 4.78 is 4.63. The summed E-state index contributed by atoms with van der Waals surface area (Å²) >= 11 is 0. The van der Waals surface area contributed by atoms with E-state index in [1.807, 2.05) is 0 Å². The highest BCUT2D eigenvalue weighted by Crippen LogP contribution is 2.40. The van der Waals surface area contributed by atoms with Gasteiger partial charge in [-0.2, -0.15) is 0 Å². The SMILES string of the molecule is COC(=O)C1CCN(C(=O)[C@@H]2C[C@@H]2C(=O)O)C1. The number of ether oxygens (including phenoxy) is 1. The molecule has 1 aliphatic heterocycles. The predicted molar refractivity (Wildman–Crippen MR) is 55.9 cm³/mol. The van der Waals surface area contributed by atoms with Crippen LogP contribution in [0, 0.1) is 17.8 Å². The van der Waals surface area contributed by atoms with Crippen LogP contribution in [0.2, 0.25) is 0 Å². The van der Waals surface area contributed by atoms with E-state index in [-0.39, 0.29) is 23.7 Å². The highest BCUT2D eigenvalue weighted by atomic mass is 16.5. The van der Waals surface area contributed by atoms with Crippen LogP contribution >= 0.6 is 0 Å². The highest BCUT2D eigenvalue weighted by Gasteiger charge is 2.50. The molecule has 1 saturated heterocycles. The van der Waals surface area contributed by atoms with E-state index in [0.717, 1.165) is 0 Å². The summed E-state index contributed by atoms with van der Waals surface area (Å²) in [6.07, 6.45) is 1.02. The molecule has 1 unspecified atom stereocenters. The van der Waals surface area contributed by atoms with E-state index in [0.29, 0.717) is 25.9 Å². The Morgan fingerprint density at radius 2 is 2.00 bits per heavy atom. The summed E-state index contributed by atoms with van der Waals surface area (Å²) in [6.45, 7) is 0.871. The van der Waals surface area contributed by atoms with Gasteiger partial charge in [0.25, 0.3) is 0 Å². The van der Waals surface area contributed by atoms with Crippen molar-refractivity contribution in [1.82, 2.24) is 4.90 Å². The molecule has 2 aliphatic rings. The van der Waals surface area contributed by atoms with Crippen molar-refractivity contribution in [2.24, 2.45) is 17.8 Å². The Bertz CT molecular complexity index is 367. The number of hydrogen-bond donors (Lipinski definition) is 1. The first kappa shape index (κ1) is 11.9.